The second-order valence-electron chi connectivity index (χ2n) is 4.04. The Hall–Kier alpha value is -2.04. The minimum Gasteiger partial charge on any atom is -0.480 e. The van der Waals surface area contributed by atoms with Crippen molar-refractivity contribution >= 4 is 5.97 Å². The van der Waals surface area contributed by atoms with Crippen LogP contribution in [-0.4, -0.2) is 24.2 Å². The van der Waals surface area contributed by atoms with Crippen LogP contribution in [0.5, 0.6) is 0 Å². The predicted molar refractivity (Wildman–Crippen MR) is 68.3 cm³/mol. The number of hydrogen-bond acceptors (Lipinski definition) is 3. The van der Waals surface area contributed by atoms with Gasteiger partial charge in [0.1, 0.15) is 6.04 Å². The van der Waals surface area contributed by atoms with Crippen molar-refractivity contribution in [1.29, 1.82) is 0 Å². The molecule has 0 aliphatic heterocycles. The summed E-state index contributed by atoms with van der Waals surface area (Å²) in [5.74, 6) is -0.942. The highest BCUT2D eigenvalue weighted by molar-refractivity contribution is 5.76. The van der Waals surface area contributed by atoms with Gasteiger partial charge in [0, 0.05) is 18.0 Å². The molecule has 0 aromatic heterocycles. The Morgan fingerprint density at radius 1 is 1.56 bits per heavy atom. The van der Waals surface area contributed by atoms with E-state index in [4.69, 9.17) is 5.53 Å². The van der Waals surface area contributed by atoms with Crippen LogP contribution in [0.1, 0.15) is 22.7 Å². The SMILES string of the molecule is Cc1ccc(C(NCCN=[N+]=[N-])C(=O)O)c(C)c1. The predicted octanol–water partition coefficient (Wildman–Crippen LogP) is 2.33. The fourth-order valence-electron chi connectivity index (χ4n) is 1.78. The lowest BCUT2D eigenvalue weighted by atomic mass is 9.99. The molecule has 0 aliphatic rings. The fourth-order valence-corrected chi connectivity index (χ4v) is 1.78. The van der Waals surface area contributed by atoms with E-state index in [-0.39, 0.29) is 6.54 Å². The summed E-state index contributed by atoms with van der Waals surface area (Å²) in [6.07, 6.45) is 0. The zero-order valence-electron chi connectivity index (χ0n) is 10.4. The highest BCUT2D eigenvalue weighted by Gasteiger charge is 2.20. The summed E-state index contributed by atoms with van der Waals surface area (Å²) in [7, 11) is 0. The van der Waals surface area contributed by atoms with Crippen LogP contribution in [-0.2, 0) is 4.79 Å². The summed E-state index contributed by atoms with van der Waals surface area (Å²) in [6.45, 7) is 4.40. The van der Waals surface area contributed by atoms with E-state index < -0.39 is 12.0 Å². The molecule has 0 saturated carbocycles. The molecule has 1 unspecified atom stereocenters. The number of carboxylic acids is 1. The van der Waals surface area contributed by atoms with E-state index in [2.05, 4.69) is 15.3 Å². The van der Waals surface area contributed by atoms with Crippen LogP contribution in [0.3, 0.4) is 0 Å². The first-order valence-corrected chi connectivity index (χ1v) is 5.60. The molecular formula is C12H16N4O2. The van der Waals surface area contributed by atoms with Crippen molar-refractivity contribution in [3.63, 3.8) is 0 Å². The molecule has 0 aliphatic carbocycles. The van der Waals surface area contributed by atoms with E-state index in [1.165, 1.54) is 0 Å². The normalized spacial score (nSPS) is 11.7. The fraction of sp³-hybridized carbons (Fsp3) is 0.417. The Bertz CT molecular complexity index is 481. The number of carboxylic acid groups (broad SMARTS) is 1. The molecule has 1 rings (SSSR count). The summed E-state index contributed by atoms with van der Waals surface area (Å²) >= 11 is 0. The third-order valence-electron chi connectivity index (χ3n) is 2.61. The van der Waals surface area contributed by atoms with Crippen molar-refractivity contribution < 1.29 is 9.90 Å². The van der Waals surface area contributed by atoms with Crippen LogP contribution in [0, 0.1) is 13.8 Å². The number of rotatable bonds is 6. The van der Waals surface area contributed by atoms with E-state index in [0.29, 0.717) is 6.54 Å². The van der Waals surface area contributed by atoms with Gasteiger partial charge in [-0.1, -0.05) is 28.9 Å². The third kappa shape index (κ3) is 3.76. The second kappa shape index (κ2) is 6.64. The van der Waals surface area contributed by atoms with Gasteiger partial charge >= 0.3 is 5.97 Å². The molecule has 6 nitrogen and oxygen atoms in total. The van der Waals surface area contributed by atoms with Gasteiger partial charge in [-0.2, -0.15) is 0 Å². The van der Waals surface area contributed by atoms with Crippen LogP contribution < -0.4 is 5.32 Å². The number of nitrogens with one attached hydrogen (secondary N) is 1. The summed E-state index contributed by atoms with van der Waals surface area (Å²) in [5.41, 5.74) is 10.9. The van der Waals surface area contributed by atoms with Crippen LogP contribution in [0.25, 0.3) is 10.4 Å². The first-order chi connectivity index (χ1) is 8.56. The van der Waals surface area contributed by atoms with E-state index in [1.54, 1.807) is 0 Å². The van der Waals surface area contributed by atoms with Gasteiger partial charge in [0.15, 0.2) is 0 Å². The quantitative estimate of drug-likeness (QED) is 0.350. The summed E-state index contributed by atoms with van der Waals surface area (Å²) in [4.78, 5) is 13.9. The van der Waals surface area contributed by atoms with Gasteiger partial charge in [0.25, 0.3) is 0 Å². The number of aliphatic carboxylic acids is 1. The van der Waals surface area contributed by atoms with Gasteiger partial charge in [-0.05, 0) is 30.5 Å². The lowest BCUT2D eigenvalue weighted by molar-refractivity contribution is -0.139. The Morgan fingerprint density at radius 3 is 2.83 bits per heavy atom. The van der Waals surface area contributed by atoms with Crippen molar-refractivity contribution in [2.24, 2.45) is 5.11 Å². The maximum atomic E-state index is 11.2. The van der Waals surface area contributed by atoms with Gasteiger partial charge in [-0.15, -0.1) is 0 Å². The number of azide groups is 1. The Balaban J connectivity index is 2.84. The minimum atomic E-state index is -0.942. The summed E-state index contributed by atoms with van der Waals surface area (Å²) in [5, 5.41) is 15.4. The molecule has 6 heteroatoms. The first-order valence-electron chi connectivity index (χ1n) is 5.60. The standard InChI is InChI=1S/C12H16N4O2/c1-8-3-4-10(9(2)7-8)11(12(17)18)14-5-6-15-16-13/h3-4,7,11,14H,5-6H2,1-2H3,(H,17,18). The lowest BCUT2D eigenvalue weighted by Gasteiger charge is -2.16. The van der Waals surface area contributed by atoms with E-state index in [0.717, 1.165) is 16.7 Å². The summed E-state index contributed by atoms with van der Waals surface area (Å²) < 4.78 is 0. The molecule has 1 aromatic rings. The van der Waals surface area contributed by atoms with Gasteiger partial charge in [0.05, 0.1) is 0 Å². The number of carbonyl (C=O) groups is 1. The summed E-state index contributed by atoms with van der Waals surface area (Å²) in [6, 6.07) is 4.86. The topological polar surface area (TPSA) is 98.1 Å². The largest absolute Gasteiger partial charge is 0.480 e. The molecule has 96 valence electrons. The zero-order valence-corrected chi connectivity index (χ0v) is 10.4. The van der Waals surface area contributed by atoms with Crippen molar-refractivity contribution in [2.45, 2.75) is 19.9 Å². The smallest absolute Gasteiger partial charge is 0.325 e. The van der Waals surface area contributed by atoms with Gasteiger partial charge in [-0.25, -0.2) is 0 Å². The number of hydrogen-bond donors (Lipinski definition) is 2. The van der Waals surface area contributed by atoms with Crippen LogP contribution in [0.2, 0.25) is 0 Å². The molecule has 2 N–H and O–H groups in total. The molecule has 18 heavy (non-hydrogen) atoms. The number of benzene rings is 1. The molecule has 0 saturated heterocycles. The molecule has 0 fully saturated rings. The Morgan fingerprint density at radius 2 is 2.28 bits per heavy atom. The average molecular weight is 248 g/mol. The number of aryl methyl sites for hydroxylation is 2. The Kier molecular flexibility index (Phi) is 5.17. The van der Waals surface area contributed by atoms with Crippen molar-refractivity contribution in [2.75, 3.05) is 13.1 Å². The van der Waals surface area contributed by atoms with Gasteiger partial charge < -0.3 is 10.4 Å². The van der Waals surface area contributed by atoms with Crippen molar-refractivity contribution in [1.82, 2.24) is 5.32 Å². The van der Waals surface area contributed by atoms with Crippen LogP contribution in [0.15, 0.2) is 23.3 Å². The van der Waals surface area contributed by atoms with Gasteiger partial charge in [0.2, 0.25) is 0 Å². The molecule has 0 amide bonds. The van der Waals surface area contributed by atoms with Crippen LogP contribution >= 0.6 is 0 Å². The molecule has 0 radical (unpaired) electrons. The molecule has 1 atom stereocenters. The van der Waals surface area contributed by atoms with Crippen molar-refractivity contribution in [3.8, 4) is 0 Å². The van der Waals surface area contributed by atoms with E-state index in [1.807, 2.05) is 32.0 Å². The monoisotopic (exact) mass is 248 g/mol. The van der Waals surface area contributed by atoms with Gasteiger partial charge in [-0.3, -0.25) is 4.79 Å². The van der Waals surface area contributed by atoms with E-state index in [9.17, 15) is 9.90 Å². The molecule has 0 spiro atoms. The molecule has 0 bridgehead atoms. The number of nitrogens with zero attached hydrogens (tertiary/aromatic N) is 3. The Labute approximate surface area is 105 Å². The zero-order chi connectivity index (χ0) is 13.5. The maximum absolute atomic E-state index is 11.2. The van der Waals surface area contributed by atoms with Crippen LogP contribution in [0.4, 0.5) is 0 Å². The second-order valence-corrected chi connectivity index (χ2v) is 4.04. The first kappa shape index (κ1) is 14.0. The average Bonchev–Trinajstić information content (AvgIpc) is 2.30. The minimum absolute atomic E-state index is 0.227. The molecular weight excluding hydrogens is 232 g/mol. The third-order valence-corrected chi connectivity index (χ3v) is 2.61. The highest BCUT2D eigenvalue weighted by atomic mass is 16.4. The molecule has 1 aromatic carbocycles. The highest BCUT2D eigenvalue weighted by Crippen LogP contribution is 2.19. The lowest BCUT2D eigenvalue weighted by Crippen LogP contribution is -2.30. The van der Waals surface area contributed by atoms with Crippen molar-refractivity contribution in [3.05, 3.63) is 45.3 Å². The van der Waals surface area contributed by atoms with E-state index >= 15 is 0 Å². The molecule has 0 heterocycles. The maximum Gasteiger partial charge on any atom is 0.325 e.